The van der Waals surface area contributed by atoms with Gasteiger partial charge in [0.1, 0.15) is 12.1 Å². The van der Waals surface area contributed by atoms with Gasteiger partial charge in [-0.1, -0.05) is 40.0 Å². The molecule has 0 aromatic rings. The molecule has 0 bridgehead atoms. The highest BCUT2D eigenvalue weighted by Crippen LogP contribution is 2.47. The lowest BCUT2D eigenvalue weighted by Crippen LogP contribution is -2.58. The zero-order valence-electron chi connectivity index (χ0n) is 20.9. The maximum Gasteiger partial charge on any atom is 0.405 e. The third-order valence-electron chi connectivity index (χ3n) is 7.12. The van der Waals surface area contributed by atoms with Gasteiger partial charge in [0.05, 0.1) is 12.1 Å². The number of nitrogens with one attached hydrogen (secondary N) is 2. The molecule has 2 aliphatic rings. The summed E-state index contributed by atoms with van der Waals surface area (Å²) >= 11 is 0. The number of carboxylic acid groups (broad SMARTS) is 1. The van der Waals surface area contributed by atoms with Crippen molar-refractivity contribution in [2.75, 3.05) is 6.54 Å². The van der Waals surface area contributed by atoms with E-state index < -0.39 is 59.9 Å². The molecule has 1 saturated carbocycles. The highest BCUT2D eigenvalue weighted by atomic mass is 19.3. The number of aliphatic hydroxyl groups is 1. The maximum atomic E-state index is 13.6. The fraction of sp³-hybridized carbons (Fsp3) is 0.833. The number of nitriles is 1. The van der Waals surface area contributed by atoms with Crippen LogP contribution in [0.1, 0.15) is 79.1 Å². The fourth-order valence-electron chi connectivity index (χ4n) is 5.21. The zero-order chi connectivity index (χ0) is 26.6. The molecule has 35 heavy (non-hydrogen) atoms. The molecule has 1 aliphatic carbocycles. The molecular weight excluding hydrogens is 462 g/mol. The minimum atomic E-state index is -3.04. The first-order valence-corrected chi connectivity index (χ1v) is 12.1. The quantitative estimate of drug-likeness (QED) is 0.377. The van der Waals surface area contributed by atoms with Gasteiger partial charge in [-0.25, -0.2) is 13.6 Å². The van der Waals surface area contributed by atoms with Crippen molar-refractivity contribution in [1.82, 2.24) is 15.5 Å². The molecule has 0 radical (unpaired) electrons. The fourth-order valence-corrected chi connectivity index (χ4v) is 5.21. The van der Waals surface area contributed by atoms with Crippen molar-refractivity contribution < 1.29 is 33.4 Å². The Kier molecular flexibility index (Phi) is 9.09. The maximum absolute atomic E-state index is 13.6. The molecule has 4 atom stereocenters. The Labute approximate surface area is 205 Å². The van der Waals surface area contributed by atoms with Crippen LogP contribution in [0, 0.1) is 22.2 Å². The van der Waals surface area contributed by atoms with Gasteiger partial charge in [0.25, 0.3) is 0 Å². The highest BCUT2D eigenvalue weighted by Gasteiger charge is 2.51. The number of likely N-dealkylation sites (tertiary alicyclic amines) is 1. The van der Waals surface area contributed by atoms with E-state index in [-0.39, 0.29) is 18.4 Å². The van der Waals surface area contributed by atoms with E-state index in [0.29, 0.717) is 6.42 Å². The molecule has 0 aromatic heterocycles. The van der Waals surface area contributed by atoms with E-state index in [2.05, 4.69) is 10.6 Å². The van der Waals surface area contributed by atoms with Crippen LogP contribution in [0.3, 0.4) is 0 Å². The zero-order valence-corrected chi connectivity index (χ0v) is 20.9. The normalized spacial score (nSPS) is 22.7. The molecular formula is C24H38F2N4O5. The largest absolute Gasteiger partial charge is 0.465 e. The monoisotopic (exact) mass is 500 g/mol. The van der Waals surface area contributed by atoms with Gasteiger partial charge in [-0.3, -0.25) is 9.59 Å². The summed E-state index contributed by atoms with van der Waals surface area (Å²) in [5.41, 5.74) is -1.06. The van der Waals surface area contributed by atoms with E-state index in [1.54, 1.807) is 26.8 Å². The molecule has 0 aromatic carbocycles. The molecule has 4 N–H and O–H groups in total. The van der Waals surface area contributed by atoms with Crippen molar-refractivity contribution in [3.05, 3.63) is 0 Å². The highest BCUT2D eigenvalue weighted by molar-refractivity contribution is 5.92. The standard InChI is InChI=1S/C24H38F2N4O5/c1-22(2,3)18(29-21(34)35)20(33)30-14-24(9-6-5-7-10-24)12-16(30)19(32)28-15(17(31)13-27)8-11-23(4,25)26/h15-18,29,31H,5-12,14H2,1-4H3,(H,28,32)(H,34,35)/t15-,16-,17?,18+/m0/s1. The van der Waals surface area contributed by atoms with E-state index in [9.17, 15) is 33.4 Å². The molecule has 2 rings (SSSR count). The summed E-state index contributed by atoms with van der Waals surface area (Å²) in [5, 5.41) is 33.3. The first-order chi connectivity index (χ1) is 16.1. The van der Waals surface area contributed by atoms with E-state index in [1.807, 2.05) is 0 Å². The van der Waals surface area contributed by atoms with Gasteiger partial charge in [0, 0.05) is 13.0 Å². The van der Waals surface area contributed by atoms with Gasteiger partial charge in [0.15, 0.2) is 6.10 Å². The number of alkyl halides is 2. The lowest BCUT2D eigenvalue weighted by molar-refractivity contribution is -0.142. The van der Waals surface area contributed by atoms with Crippen LogP contribution >= 0.6 is 0 Å². The molecule has 1 aliphatic heterocycles. The number of amides is 3. The van der Waals surface area contributed by atoms with Crippen molar-refractivity contribution in [2.45, 2.75) is 109 Å². The minimum Gasteiger partial charge on any atom is -0.465 e. The molecule has 2 fully saturated rings. The second-order valence-corrected chi connectivity index (χ2v) is 11.3. The summed E-state index contributed by atoms with van der Waals surface area (Å²) in [6.45, 7) is 6.17. The van der Waals surface area contributed by atoms with Gasteiger partial charge >= 0.3 is 6.09 Å². The average molecular weight is 501 g/mol. The Bertz CT molecular complexity index is 827. The Morgan fingerprint density at radius 1 is 1.14 bits per heavy atom. The van der Waals surface area contributed by atoms with E-state index in [1.165, 1.54) is 4.90 Å². The van der Waals surface area contributed by atoms with Crippen molar-refractivity contribution >= 4 is 17.9 Å². The number of carbonyl (C=O) groups is 3. The summed E-state index contributed by atoms with van der Waals surface area (Å²) in [7, 11) is 0. The van der Waals surface area contributed by atoms with Crippen LogP contribution in [-0.4, -0.2) is 69.7 Å². The Balaban J connectivity index is 2.33. The number of halogens is 2. The summed E-state index contributed by atoms with van der Waals surface area (Å²) in [6, 6.07) is -1.71. The molecule has 1 spiro atoms. The van der Waals surface area contributed by atoms with Crippen LogP contribution in [0.25, 0.3) is 0 Å². The topological polar surface area (TPSA) is 143 Å². The number of hydrogen-bond acceptors (Lipinski definition) is 5. The predicted octanol–water partition coefficient (Wildman–Crippen LogP) is 3.02. The number of nitrogens with zero attached hydrogens (tertiary/aromatic N) is 2. The van der Waals surface area contributed by atoms with E-state index in [0.717, 1.165) is 39.0 Å². The van der Waals surface area contributed by atoms with Gasteiger partial charge in [-0.15, -0.1) is 0 Å². The number of hydrogen-bond donors (Lipinski definition) is 4. The van der Waals surface area contributed by atoms with Crippen molar-refractivity contribution in [1.29, 1.82) is 5.26 Å². The first-order valence-electron chi connectivity index (χ1n) is 12.1. The molecule has 3 amide bonds. The van der Waals surface area contributed by atoms with E-state index >= 15 is 0 Å². The van der Waals surface area contributed by atoms with Crippen LogP contribution in [0.5, 0.6) is 0 Å². The average Bonchev–Trinajstić information content (AvgIpc) is 3.11. The van der Waals surface area contributed by atoms with E-state index in [4.69, 9.17) is 5.26 Å². The Morgan fingerprint density at radius 2 is 1.74 bits per heavy atom. The summed E-state index contributed by atoms with van der Waals surface area (Å²) in [6.07, 6.45) is 0.951. The van der Waals surface area contributed by atoms with Crippen LogP contribution < -0.4 is 10.6 Å². The molecule has 1 heterocycles. The lowest BCUT2D eigenvalue weighted by atomic mass is 9.72. The molecule has 1 saturated heterocycles. The molecule has 9 nitrogen and oxygen atoms in total. The molecule has 198 valence electrons. The van der Waals surface area contributed by atoms with Crippen LogP contribution in [0.15, 0.2) is 0 Å². The van der Waals surface area contributed by atoms with Crippen LogP contribution in [0.4, 0.5) is 13.6 Å². The minimum absolute atomic E-state index is 0.288. The van der Waals surface area contributed by atoms with Gasteiger partial charge in [-0.2, -0.15) is 5.26 Å². The number of rotatable bonds is 8. The van der Waals surface area contributed by atoms with Gasteiger partial charge in [-0.05, 0) is 43.4 Å². The van der Waals surface area contributed by atoms with Gasteiger partial charge < -0.3 is 25.7 Å². The lowest BCUT2D eigenvalue weighted by Gasteiger charge is -2.36. The second kappa shape index (κ2) is 11.1. The predicted molar refractivity (Wildman–Crippen MR) is 123 cm³/mol. The summed E-state index contributed by atoms with van der Waals surface area (Å²) in [5.74, 6) is -4.20. The summed E-state index contributed by atoms with van der Waals surface area (Å²) < 4.78 is 26.8. The SMILES string of the molecule is CC(F)(F)CC[C@H](NC(=O)[C@@H]1CC2(CCCCC2)CN1C(=O)[C@@H](NC(=O)O)C(C)(C)C)C(O)C#N. The van der Waals surface area contributed by atoms with Crippen LogP contribution in [-0.2, 0) is 9.59 Å². The van der Waals surface area contributed by atoms with Crippen LogP contribution in [0.2, 0.25) is 0 Å². The van der Waals surface area contributed by atoms with Crippen molar-refractivity contribution in [2.24, 2.45) is 10.8 Å². The third-order valence-corrected chi connectivity index (χ3v) is 7.12. The second-order valence-electron chi connectivity index (χ2n) is 11.3. The molecule has 1 unspecified atom stereocenters. The van der Waals surface area contributed by atoms with Crippen molar-refractivity contribution in [3.63, 3.8) is 0 Å². The summed E-state index contributed by atoms with van der Waals surface area (Å²) in [4.78, 5) is 39.8. The Hall–Kier alpha value is -2.48. The first kappa shape index (κ1) is 28.8. The van der Waals surface area contributed by atoms with Crippen molar-refractivity contribution in [3.8, 4) is 6.07 Å². The number of aliphatic hydroxyl groups excluding tert-OH is 1. The Morgan fingerprint density at radius 3 is 2.23 bits per heavy atom. The smallest absolute Gasteiger partial charge is 0.405 e. The number of carbonyl (C=O) groups excluding carboxylic acids is 2. The van der Waals surface area contributed by atoms with Gasteiger partial charge in [0.2, 0.25) is 17.7 Å². The molecule has 11 heteroatoms. The third kappa shape index (κ3) is 7.75.